The summed E-state index contributed by atoms with van der Waals surface area (Å²) >= 11 is 11.7. The van der Waals surface area contributed by atoms with Crippen molar-refractivity contribution in [3.63, 3.8) is 0 Å². The van der Waals surface area contributed by atoms with Crippen LogP contribution in [0.3, 0.4) is 0 Å². The number of hydrogen-bond donors (Lipinski definition) is 2. The zero-order valence-electron chi connectivity index (χ0n) is 39.8. The smallest absolute Gasteiger partial charge is 0.417 e. The second-order valence-corrected chi connectivity index (χ2v) is 19.5. The molecule has 3 heterocycles. The van der Waals surface area contributed by atoms with Crippen LogP contribution in [-0.4, -0.2) is 82.6 Å². The summed E-state index contributed by atoms with van der Waals surface area (Å²) < 4.78 is 58.2. The van der Waals surface area contributed by atoms with E-state index in [-0.39, 0.29) is 40.9 Å². The molecule has 19 heteroatoms. The zero-order valence-corrected chi connectivity index (χ0v) is 41.3. The Morgan fingerprint density at radius 1 is 0.944 bits per heavy atom. The minimum absolute atomic E-state index is 0.00604. The molecular weight excluding hydrogens is 959 g/mol. The number of carbonyl (C=O) groups is 4. The molecule has 2 atom stereocenters. The molecule has 372 valence electrons. The Morgan fingerprint density at radius 2 is 1.58 bits per heavy atom. The molecule has 2 aliphatic rings. The maximum Gasteiger partial charge on any atom is 0.417 e. The number of anilines is 2. The van der Waals surface area contributed by atoms with Crippen molar-refractivity contribution in [3.8, 4) is 34.3 Å². The first-order chi connectivity index (χ1) is 33.7. The van der Waals surface area contributed by atoms with Crippen LogP contribution in [0.2, 0.25) is 5.15 Å². The number of oxazole rings is 1. The largest absolute Gasteiger partial charge is 0.494 e. The van der Waals surface area contributed by atoms with Crippen LogP contribution in [0, 0.1) is 16.7 Å². The molecule has 0 radical (unpaired) electrons. The van der Waals surface area contributed by atoms with Gasteiger partial charge in [-0.25, -0.2) is 4.98 Å². The number of benzene rings is 4. The Morgan fingerprint density at radius 3 is 2.20 bits per heavy atom. The van der Waals surface area contributed by atoms with E-state index in [0.717, 1.165) is 39.3 Å². The summed E-state index contributed by atoms with van der Waals surface area (Å²) in [4.78, 5) is 62.1. The molecule has 4 aromatic carbocycles. The van der Waals surface area contributed by atoms with Crippen LogP contribution in [0.15, 0.2) is 102 Å². The molecule has 2 N–H and O–H groups in total. The van der Waals surface area contributed by atoms with Crippen molar-refractivity contribution in [1.29, 1.82) is 5.26 Å². The summed E-state index contributed by atoms with van der Waals surface area (Å²) in [5.74, 6) is -0.426. The van der Waals surface area contributed by atoms with Crippen LogP contribution in [-0.2, 0) is 36.6 Å². The fraction of sp³-hybridized carbons (Fsp3) is 0.365. The summed E-state index contributed by atoms with van der Waals surface area (Å²) in [5.41, 5.74) is 0.268. The highest BCUT2D eigenvalue weighted by Gasteiger charge is 2.51. The first-order valence-corrected chi connectivity index (χ1v) is 23.7. The van der Waals surface area contributed by atoms with Gasteiger partial charge in [-0.1, -0.05) is 80.9 Å². The van der Waals surface area contributed by atoms with E-state index in [1.54, 1.807) is 41.8 Å². The quantitative estimate of drug-likeness (QED) is 0.0672. The second kappa shape index (κ2) is 21.7. The van der Waals surface area contributed by atoms with Crippen LogP contribution in [0.1, 0.15) is 77.0 Å². The van der Waals surface area contributed by atoms with E-state index < -0.39 is 52.2 Å². The average Bonchev–Trinajstić information content (AvgIpc) is 4.05. The van der Waals surface area contributed by atoms with E-state index in [9.17, 15) is 37.6 Å². The van der Waals surface area contributed by atoms with E-state index in [2.05, 4.69) is 15.6 Å². The van der Waals surface area contributed by atoms with Crippen molar-refractivity contribution >= 4 is 63.9 Å². The van der Waals surface area contributed by atoms with Crippen molar-refractivity contribution in [2.75, 3.05) is 36.2 Å². The van der Waals surface area contributed by atoms with E-state index in [1.807, 2.05) is 81.4 Å². The maximum atomic E-state index is 13.9. The molecule has 7 rings (SSSR count). The molecule has 14 nitrogen and oxygen atoms in total. The number of amides is 4. The number of unbranched alkanes of at least 4 members (excludes halogenated alkanes) is 1. The zero-order chi connectivity index (χ0) is 51.3. The topological polar surface area (TPSA) is 170 Å². The Labute approximate surface area is 420 Å². The Balaban J connectivity index is 0.833. The minimum Gasteiger partial charge on any atom is -0.494 e. The first kappa shape index (κ1) is 52.0. The standard InChI is InChI=1S/C52H53ClF3N7O7S/c1-50(2,3)44(47(66)61-24-8-9-41(61)46(65)58-29-32-10-12-35(13-11-32)43-45(53)59-31-70-43)60-42(64)30-68-25-6-7-26-69-39-22-17-34(18-23-39)33-14-19-37(20-15-33)63-49(71)62(48(67)51(63,4)5)38-21-16-36(28-57)40(27-38)52(54,55)56/h10-23,27,31,41,44H,6-9,24-26,29-30H2,1-5H3,(H,58,65)(H,60,64)/t41-,44?/m0/s1. The number of nitrogens with zero attached hydrogens (tertiary/aromatic N) is 5. The predicted octanol–water partition coefficient (Wildman–Crippen LogP) is 9.48. The van der Waals surface area contributed by atoms with Gasteiger partial charge < -0.3 is 34.3 Å². The fourth-order valence-electron chi connectivity index (χ4n) is 8.49. The summed E-state index contributed by atoms with van der Waals surface area (Å²) in [6.45, 7) is 9.99. The average molecular weight is 1010 g/mol. The summed E-state index contributed by atoms with van der Waals surface area (Å²) in [5, 5.41) is 15.3. The molecule has 2 fully saturated rings. The highest BCUT2D eigenvalue weighted by atomic mass is 35.5. The number of halogens is 4. The van der Waals surface area contributed by atoms with Gasteiger partial charge in [0.15, 0.2) is 22.4 Å². The third-order valence-electron chi connectivity index (χ3n) is 12.3. The van der Waals surface area contributed by atoms with Gasteiger partial charge in [-0.2, -0.15) is 18.4 Å². The molecule has 0 spiro atoms. The normalized spacial score (nSPS) is 16.2. The number of thiocarbonyl (C=S) groups is 1. The van der Waals surface area contributed by atoms with Gasteiger partial charge in [-0.05, 0) is 116 Å². The predicted molar refractivity (Wildman–Crippen MR) is 265 cm³/mol. The van der Waals surface area contributed by atoms with Crippen LogP contribution >= 0.6 is 23.8 Å². The van der Waals surface area contributed by atoms with Crippen LogP contribution < -0.4 is 25.2 Å². The number of nitrogens with one attached hydrogen (secondary N) is 2. The van der Waals surface area contributed by atoms with Gasteiger partial charge in [0.2, 0.25) is 17.7 Å². The van der Waals surface area contributed by atoms with Crippen molar-refractivity contribution in [2.24, 2.45) is 5.41 Å². The summed E-state index contributed by atoms with van der Waals surface area (Å²) in [7, 11) is 0. The maximum absolute atomic E-state index is 13.9. The molecule has 71 heavy (non-hydrogen) atoms. The van der Waals surface area contributed by atoms with Gasteiger partial charge >= 0.3 is 6.18 Å². The number of aromatic nitrogens is 1. The molecule has 1 unspecified atom stereocenters. The Kier molecular flexibility index (Phi) is 15.9. The van der Waals surface area contributed by atoms with Crippen LogP contribution in [0.25, 0.3) is 22.5 Å². The van der Waals surface area contributed by atoms with E-state index in [0.29, 0.717) is 62.6 Å². The van der Waals surface area contributed by atoms with Gasteiger partial charge in [-0.3, -0.25) is 24.1 Å². The van der Waals surface area contributed by atoms with Gasteiger partial charge in [-0.15, -0.1) is 0 Å². The highest BCUT2D eigenvalue weighted by Crippen LogP contribution is 2.40. The molecule has 2 aliphatic heterocycles. The molecule has 0 bridgehead atoms. The molecule has 5 aromatic rings. The van der Waals surface area contributed by atoms with Crippen molar-refractivity contribution < 1.29 is 46.2 Å². The lowest BCUT2D eigenvalue weighted by molar-refractivity contribution is -0.144. The van der Waals surface area contributed by atoms with Gasteiger partial charge in [0.25, 0.3) is 5.91 Å². The van der Waals surface area contributed by atoms with Crippen molar-refractivity contribution in [3.05, 3.63) is 119 Å². The minimum atomic E-state index is -4.80. The number of ether oxygens (including phenoxy) is 2. The Hall–Kier alpha value is -6.81. The molecule has 0 aliphatic carbocycles. The summed E-state index contributed by atoms with van der Waals surface area (Å²) in [6.07, 6.45) is -1.10. The number of rotatable bonds is 17. The number of carbonyl (C=O) groups excluding carboxylic acids is 4. The van der Waals surface area contributed by atoms with E-state index in [4.69, 9.17) is 37.7 Å². The number of hydrogen-bond acceptors (Lipinski definition) is 10. The van der Waals surface area contributed by atoms with Crippen molar-refractivity contribution in [1.82, 2.24) is 20.5 Å². The SMILES string of the molecule is CC(C)(C)C(NC(=O)COCCCCOc1ccc(-c2ccc(N3C(=S)N(c4ccc(C#N)c(C(F)(F)F)c4)C(=O)C3(C)C)cc2)cc1)C(=O)N1CCC[C@H]1C(=O)NCc1ccc(-c2ocnc2Cl)cc1. The number of nitriles is 1. The molecule has 2 saturated heterocycles. The van der Waals surface area contributed by atoms with Gasteiger partial charge in [0.05, 0.1) is 29.5 Å². The molecular formula is C52H53ClF3N7O7S. The lowest BCUT2D eigenvalue weighted by atomic mass is 9.85. The van der Waals surface area contributed by atoms with E-state index >= 15 is 0 Å². The lowest BCUT2D eigenvalue weighted by Crippen LogP contribution is -2.58. The number of likely N-dealkylation sites (tertiary alicyclic amines) is 1. The molecule has 4 amide bonds. The summed E-state index contributed by atoms with van der Waals surface area (Å²) in [6, 6.07) is 25.2. The van der Waals surface area contributed by atoms with Crippen LogP contribution in [0.4, 0.5) is 24.5 Å². The fourth-order valence-corrected chi connectivity index (χ4v) is 9.20. The molecule has 1 aromatic heterocycles. The third-order valence-corrected chi connectivity index (χ3v) is 13.0. The lowest BCUT2D eigenvalue weighted by Gasteiger charge is -2.35. The third kappa shape index (κ3) is 11.9. The van der Waals surface area contributed by atoms with Gasteiger partial charge in [0.1, 0.15) is 30.0 Å². The van der Waals surface area contributed by atoms with Crippen LogP contribution in [0.5, 0.6) is 5.75 Å². The molecule has 0 saturated carbocycles. The monoisotopic (exact) mass is 1010 g/mol. The highest BCUT2D eigenvalue weighted by molar-refractivity contribution is 7.81. The Bertz CT molecular complexity index is 2810. The number of alkyl halides is 3. The van der Waals surface area contributed by atoms with Gasteiger partial charge in [0, 0.05) is 30.9 Å². The van der Waals surface area contributed by atoms with Crippen molar-refractivity contribution in [2.45, 2.75) is 90.6 Å². The van der Waals surface area contributed by atoms with E-state index in [1.165, 1.54) is 12.5 Å². The second-order valence-electron chi connectivity index (χ2n) is 18.8. The first-order valence-electron chi connectivity index (χ1n) is 23.0.